The molecule has 0 amide bonds. The Morgan fingerprint density at radius 1 is 1.44 bits per heavy atom. The number of anilines is 1. The van der Waals surface area contributed by atoms with Crippen molar-refractivity contribution in [2.24, 2.45) is 0 Å². The van der Waals surface area contributed by atoms with Crippen LogP contribution >= 0.6 is 0 Å². The predicted molar refractivity (Wildman–Crippen MR) is 63.3 cm³/mol. The molecule has 1 aliphatic rings. The first-order valence-corrected chi connectivity index (χ1v) is 5.55. The van der Waals surface area contributed by atoms with Crippen molar-refractivity contribution < 1.29 is 4.74 Å². The molecule has 2 heterocycles. The molecule has 0 saturated carbocycles. The highest BCUT2D eigenvalue weighted by atomic mass is 16.5. The Balaban J connectivity index is 1.87. The number of aromatic nitrogens is 1. The number of rotatable bonds is 2. The third-order valence-electron chi connectivity index (χ3n) is 2.92. The van der Waals surface area contributed by atoms with Crippen molar-refractivity contribution in [2.75, 3.05) is 5.73 Å². The maximum absolute atomic E-state index is 8.78. The molecule has 1 aliphatic heterocycles. The van der Waals surface area contributed by atoms with E-state index in [4.69, 9.17) is 15.7 Å². The van der Waals surface area contributed by atoms with Gasteiger partial charge in [0, 0.05) is 5.97 Å². The number of nitrogens with two attached hydrogens (primary N) is 1. The van der Waals surface area contributed by atoms with Gasteiger partial charge in [-0.25, -0.2) is 10.2 Å². The molecule has 0 spiro atoms. The molecular weight excluding hydrogens is 201 g/mol. The average Bonchev–Trinajstić information content (AvgIpc) is 2.33. The quantitative estimate of drug-likeness (QED) is 0.763. The number of pyridine rings is 1. The number of nitrogens with zero attached hydrogens (tertiary/aromatic N) is 2. The fourth-order valence-corrected chi connectivity index (χ4v) is 1.96. The van der Waals surface area contributed by atoms with Gasteiger partial charge in [0.2, 0.25) is 0 Å². The van der Waals surface area contributed by atoms with E-state index in [9.17, 15) is 0 Å². The minimum Gasteiger partial charge on any atom is -0.489 e. The molecule has 16 heavy (non-hydrogen) atoms. The number of nitrogen functional groups attached to an aromatic ring is 1. The third-order valence-corrected chi connectivity index (χ3v) is 2.92. The fourth-order valence-electron chi connectivity index (χ4n) is 1.96. The maximum Gasteiger partial charge on any atom is 0.268 e. The van der Waals surface area contributed by atoms with Gasteiger partial charge in [-0.3, -0.25) is 0 Å². The molecule has 4 nitrogen and oxygen atoms in total. The smallest absolute Gasteiger partial charge is 0.268 e. The SMILES string of the molecule is N#CB1CCC(Oc2ccc(N)nc2)CC1. The first kappa shape index (κ1) is 10.8. The Hall–Kier alpha value is -1.70. The highest BCUT2D eigenvalue weighted by Gasteiger charge is 2.25. The van der Waals surface area contributed by atoms with Crippen LogP contribution in [0.1, 0.15) is 12.8 Å². The molecule has 0 radical (unpaired) electrons. The Morgan fingerprint density at radius 3 is 2.75 bits per heavy atom. The van der Waals surface area contributed by atoms with Crippen LogP contribution in [0.15, 0.2) is 18.3 Å². The van der Waals surface area contributed by atoms with Crippen LogP contribution in [0.2, 0.25) is 12.6 Å². The van der Waals surface area contributed by atoms with Crippen LogP contribution in [-0.2, 0) is 0 Å². The van der Waals surface area contributed by atoms with Crippen molar-refractivity contribution in [3.05, 3.63) is 18.3 Å². The van der Waals surface area contributed by atoms with Crippen molar-refractivity contribution in [2.45, 2.75) is 31.6 Å². The standard InChI is InChI=1S/C11H14BN3O/c13-8-12-5-3-9(4-6-12)16-10-1-2-11(14)15-7-10/h1-2,7,9H,3-6H2,(H2,14,15). The first-order chi connectivity index (χ1) is 7.78. The molecule has 0 bridgehead atoms. The molecular formula is C11H14BN3O. The fraction of sp³-hybridized carbons (Fsp3) is 0.455. The van der Waals surface area contributed by atoms with Gasteiger partial charge >= 0.3 is 0 Å². The van der Waals surface area contributed by atoms with Crippen molar-refractivity contribution in [3.8, 4) is 11.7 Å². The summed E-state index contributed by atoms with van der Waals surface area (Å²) in [5, 5.41) is 8.78. The second-order valence-electron chi connectivity index (χ2n) is 4.14. The lowest BCUT2D eigenvalue weighted by Gasteiger charge is -2.24. The summed E-state index contributed by atoms with van der Waals surface area (Å²) in [4.78, 5) is 3.98. The van der Waals surface area contributed by atoms with E-state index in [1.165, 1.54) is 0 Å². The van der Waals surface area contributed by atoms with E-state index in [2.05, 4.69) is 11.0 Å². The zero-order valence-corrected chi connectivity index (χ0v) is 9.10. The van der Waals surface area contributed by atoms with E-state index in [-0.39, 0.29) is 12.8 Å². The highest BCUT2D eigenvalue weighted by molar-refractivity contribution is 6.67. The molecule has 2 rings (SSSR count). The molecule has 0 aromatic carbocycles. The Labute approximate surface area is 95.5 Å². The van der Waals surface area contributed by atoms with E-state index in [0.29, 0.717) is 5.82 Å². The van der Waals surface area contributed by atoms with Gasteiger partial charge in [0.15, 0.2) is 0 Å². The summed E-state index contributed by atoms with van der Waals surface area (Å²) in [5.74, 6) is 3.57. The summed E-state index contributed by atoms with van der Waals surface area (Å²) >= 11 is 0. The van der Waals surface area contributed by atoms with Crippen LogP contribution in [0.25, 0.3) is 0 Å². The van der Waals surface area contributed by atoms with Gasteiger partial charge in [0.1, 0.15) is 11.6 Å². The van der Waals surface area contributed by atoms with Crippen LogP contribution < -0.4 is 10.5 Å². The van der Waals surface area contributed by atoms with Crippen molar-refractivity contribution >= 4 is 12.5 Å². The molecule has 1 saturated heterocycles. The highest BCUT2D eigenvalue weighted by Crippen LogP contribution is 2.24. The summed E-state index contributed by atoms with van der Waals surface area (Å²) in [5.41, 5.74) is 5.49. The average molecular weight is 215 g/mol. The molecule has 0 unspecified atom stereocenters. The van der Waals surface area contributed by atoms with E-state index >= 15 is 0 Å². The van der Waals surface area contributed by atoms with Gasteiger partial charge < -0.3 is 10.5 Å². The lowest BCUT2D eigenvalue weighted by Crippen LogP contribution is -2.27. The number of hydrogen-bond acceptors (Lipinski definition) is 4. The lowest BCUT2D eigenvalue weighted by molar-refractivity contribution is 0.187. The second-order valence-corrected chi connectivity index (χ2v) is 4.14. The summed E-state index contributed by atoms with van der Waals surface area (Å²) in [6.07, 6.45) is 5.62. The number of hydrogen-bond donors (Lipinski definition) is 1. The number of nitriles is 1. The minimum atomic E-state index is 0.212. The third kappa shape index (κ3) is 2.66. The molecule has 0 aliphatic carbocycles. The monoisotopic (exact) mass is 215 g/mol. The summed E-state index contributed by atoms with van der Waals surface area (Å²) in [7, 11) is 0. The maximum atomic E-state index is 8.78. The molecule has 82 valence electrons. The van der Waals surface area contributed by atoms with Crippen LogP contribution in [0, 0.1) is 11.2 Å². The van der Waals surface area contributed by atoms with Crippen molar-refractivity contribution in [3.63, 3.8) is 0 Å². The van der Waals surface area contributed by atoms with Crippen LogP contribution in [0.4, 0.5) is 5.82 Å². The first-order valence-electron chi connectivity index (χ1n) is 5.55. The normalized spacial score (nSPS) is 16.8. The van der Waals surface area contributed by atoms with Crippen LogP contribution in [-0.4, -0.2) is 17.8 Å². The molecule has 1 aromatic rings. The minimum absolute atomic E-state index is 0.212. The molecule has 0 atom stereocenters. The van der Waals surface area contributed by atoms with Crippen LogP contribution in [0.5, 0.6) is 5.75 Å². The van der Waals surface area contributed by atoms with E-state index in [1.54, 1.807) is 12.3 Å². The van der Waals surface area contributed by atoms with Crippen LogP contribution in [0.3, 0.4) is 0 Å². The predicted octanol–water partition coefficient (Wildman–Crippen LogP) is 1.76. The molecule has 2 N–H and O–H groups in total. The molecule has 5 heteroatoms. The summed E-state index contributed by atoms with van der Waals surface area (Å²) in [6, 6.07) is 3.56. The van der Waals surface area contributed by atoms with E-state index < -0.39 is 0 Å². The Bertz CT molecular complexity index is 379. The largest absolute Gasteiger partial charge is 0.489 e. The van der Waals surface area contributed by atoms with Gasteiger partial charge in [-0.2, -0.15) is 0 Å². The summed E-state index contributed by atoms with van der Waals surface area (Å²) < 4.78 is 5.78. The van der Waals surface area contributed by atoms with Gasteiger partial charge in [0.25, 0.3) is 6.71 Å². The zero-order chi connectivity index (χ0) is 11.4. The van der Waals surface area contributed by atoms with Gasteiger partial charge in [0.05, 0.1) is 12.3 Å². The Kier molecular flexibility index (Phi) is 3.30. The van der Waals surface area contributed by atoms with Gasteiger partial charge in [-0.15, -0.1) is 0 Å². The summed E-state index contributed by atoms with van der Waals surface area (Å²) in [6.45, 7) is 0.212. The van der Waals surface area contributed by atoms with E-state index in [0.717, 1.165) is 31.2 Å². The molecule has 1 aromatic heterocycles. The van der Waals surface area contributed by atoms with Gasteiger partial charge in [-0.05, 0) is 25.0 Å². The van der Waals surface area contributed by atoms with Crippen molar-refractivity contribution in [1.82, 2.24) is 4.98 Å². The Morgan fingerprint density at radius 2 is 2.19 bits per heavy atom. The topological polar surface area (TPSA) is 71.9 Å². The second kappa shape index (κ2) is 4.89. The van der Waals surface area contributed by atoms with E-state index in [1.807, 2.05) is 6.07 Å². The van der Waals surface area contributed by atoms with Gasteiger partial charge in [-0.1, -0.05) is 12.6 Å². The van der Waals surface area contributed by atoms with Crippen molar-refractivity contribution in [1.29, 1.82) is 5.26 Å². The lowest BCUT2D eigenvalue weighted by atomic mass is 9.42. The number of ether oxygens (including phenoxy) is 1. The zero-order valence-electron chi connectivity index (χ0n) is 9.10. The molecule has 1 fully saturated rings.